The van der Waals surface area contributed by atoms with Crippen LogP contribution in [-0.4, -0.2) is 35.1 Å². The first-order valence-corrected chi connectivity index (χ1v) is 6.81. The Kier molecular flexibility index (Phi) is 3.67. The second-order valence-electron chi connectivity index (χ2n) is 6.47. The lowest BCUT2D eigenvalue weighted by Crippen LogP contribution is -2.34. The van der Waals surface area contributed by atoms with Crippen molar-refractivity contribution < 1.29 is 9.32 Å². The van der Waals surface area contributed by atoms with E-state index in [0.717, 1.165) is 12.2 Å². The molecular weight excluding hydrogens is 242 g/mol. The molecule has 1 saturated heterocycles. The zero-order valence-corrected chi connectivity index (χ0v) is 12.1. The quantitative estimate of drug-likeness (QED) is 0.884. The molecule has 0 aromatic carbocycles. The Hall–Kier alpha value is -1.36. The zero-order valence-electron chi connectivity index (χ0n) is 12.1. The van der Waals surface area contributed by atoms with Gasteiger partial charge in [0, 0.05) is 24.1 Å². The molecule has 1 aromatic heterocycles. The second-order valence-corrected chi connectivity index (χ2v) is 6.47. The van der Waals surface area contributed by atoms with E-state index in [9.17, 15) is 4.79 Å². The molecule has 19 heavy (non-hydrogen) atoms. The van der Waals surface area contributed by atoms with Crippen LogP contribution in [0.15, 0.2) is 10.6 Å². The summed E-state index contributed by atoms with van der Waals surface area (Å²) < 4.78 is 5.28. The number of carbonyl (C=O) groups excluding carboxylic acids is 1. The van der Waals surface area contributed by atoms with Crippen molar-refractivity contribution in [2.75, 3.05) is 13.1 Å². The molecule has 1 fully saturated rings. The summed E-state index contributed by atoms with van der Waals surface area (Å²) in [7, 11) is 0. The van der Waals surface area contributed by atoms with Crippen LogP contribution in [-0.2, 0) is 5.41 Å². The van der Waals surface area contributed by atoms with E-state index in [1.807, 2.05) is 25.7 Å². The molecule has 2 unspecified atom stereocenters. The van der Waals surface area contributed by atoms with Gasteiger partial charge < -0.3 is 15.2 Å². The minimum atomic E-state index is -0.137. The largest absolute Gasteiger partial charge is 0.360 e. The van der Waals surface area contributed by atoms with Crippen LogP contribution in [0, 0.1) is 5.92 Å². The number of nitrogens with zero attached hydrogens (tertiary/aromatic N) is 2. The summed E-state index contributed by atoms with van der Waals surface area (Å²) >= 11 is 0. The van der Waals surface area contributed by atoms with Crippen LogP contribution in [0.2, 0.25) is 0 Å². The van der Waals surface area contributed by atoms with E-state index >= 15 is 0 Å². The van der Waals surface area contributed by atoms with E-state index in [4.69, 9.17) is 10.3 Å². The van der Waals surface area contributed by atoms with Crippen molar-refractivity contribution in [3.8, 4) is 0 Å². The lowest BCUT2D eigenvalue weighted by atomic mass is 9.93. The van der Waals surface area contributed by atoms with Gasteiger partial charge in [0.2, 0.25) is 0 Å². The summed E-state index contributed by atoms with van der Waals surface area (Å²) in [5.41, 5.74) is 5.95. The molecule has 2 heterocycles. The van der Waals surface area contributed by atoms with Gasteiger partial charge >= 0.3 is 0 Å². The molecule has 5 heteroatoms. The van der Waals surface area contributed by atoms with Gasteiger partial charge in [0.1, 0.15) is 5.76 Å². The van der Waals surface area contributed by atoms with E-state index in [1.54, 1.807) is 6.07 Å². The number of carbonyl (C=O) groups is 1. The molecule has 0 radical (unpaired) electrons. The average molecular weight is 265 g/mol. The maximum absolute atomic E-state index is 12.4. The van der Waals surface area contributed by atoms with E-state index in [0.29, 0.717) is 24.7 Å². The van der Waals surface area contributed by atoms with Crippen LogP contribution in [0.1, 0.15) is 50.4 Å². The first kappa shape index (κ1) is 14.1. The van der Waals surface area contributed by atoms with Crippen LogP contribution in [0.4, 0.5) is 0 Å². The molecular formula is C14H23N3O2. The number of rotatable bonds is 2. The summed E-state index contributed by atoms with van der Waals surface area (Å²) in [6.45, 7) is 9.49. The van der Waals surface area contributed by atoms with Crippen LogP contribution < -0.4 is 5.73 Å². The van der Waals surface area contributed by atoms with Crippen molar-refractivity contribution >= 4 is 5.91 Å². The highest BCUT2D eigenvalue weighted by Gasteiger charge is 2.34. The Morgan fingerprint density at radius 1 is 1.58 bits per heavy atom. The molecule has 0 spiro atoms. The predicted molar refractivity (Wildman–Crippen MR) is 72.9 cm³/mol. The standard InChI is InChI=1S/C14H23N3O2/c1-9-5-10(7-15)8-17(9)13(18)11-6-12(19-16-11)14(2,3)4/h6,9-10H,5,7-8,15H2,1-4H3. The third-order valence-corrected chi connectivity index (χ3v) is 3.72. The van der Waals surface area contributed by atoms with Crippen molar-refractivity contribution in [2.45, 2.75) is 45.6 Å². The van der Waals surface area contributed by atoms with Crippen molar-refractivity contribution in [2.24, 2.45) is 11.7 Å². The molecule has 1 amide bonds. The summed E-state index contributed by atoms with van der Waals surface area (Å²) in [6, 6.07) is 1.97. The Bertz CT molecular complexity index is 462. The Morgan fingerprint density at radius 3 is 2.74 bits per heavy atom. The maximum atomic E-state index is 12.4. The Labute approximate surface area is 114 Å². The van der Waals surface area contributed by atoms with Crippen LogP contribution >= 0.6 is 0 Å². The summed E-state index contributed by atoms with van der Waals surface area (Å²) in [5, 5.41) is 3.92. The number of hydrogen-bond donors (Lipinski definition) is 1. The minimum absolute atomic E-state index is 0.0531. The highest BCUT2D eigenvalue weighted by Crippen LogP contribution is 2.26. The topological polar surface area (TPSA) is 72.4 Å². The molecule has 2 atom stereocenters. The van der Waals surface area contributed by atoms with Gasteiger partial charge in [0.15, 0.2) is 5.69 Å². The lowest BCUT2D eigenvalue weighted by molar-refractivity contribution is 0.0732. The van der Waals surface area contributed by atoms with Gasteiger partial charge in [-0.05, 0) is 25.8 Å². The van der Waals surface area contributed by atoms with Gasteiger partial charge in [-0.3, -0.25) is 4.79 Å². The highest BCUT2D eigenvalue weighted by molar-refractivity contribution is 5.92. The van der Waals surface area contributed by atoms with Crippen molar-refractivity contribution in [1.29, 1.82) is 0 Å². The predicted octanol–water partition coefficient (Wildman–Crippen LogP) is 1.78. The van der Waals surface area contributed by atoms with Crippen molar-refractivity contribution in [3.63, 3.8) is 0 Å². The average Bonchev–Trinajstić information content (AvgIpc) is 2.93. The van der Waals surface area contributed by atoms with Gasteiger partial charge in [-0.25, -0.2) is 0 Å². The van der Waals surface area contributed by atoms with Crippen molar-refractivity contribution in [1.82, 2.24) is 10.1 Å². The number of hydrogen-bond acceptors (Lipinski definition) is 4. The fourth-order valence-electron chi connectivity index (χ4n) is 2.47. The molecule has 0 bridgehead atoms. The highest BCUT2D eigenvalue weighted by atomic mass is 16.5. The second kappa shape index (κ2) is 4.96. The normalized spacial score (nSPS) is 23.9. The van der Waals surface area contributed by atoms with Crippen LogP contribution in [0.3, 0.4) is 0 Å². The molecule has 0 aliphatic carbocycles. The Balaban J connectivity index is 2.14. The first-order chi connectivity index (χ1) is 8.82. The smallest absolute Gasteiger partial charge is 0.276 e. The van der Waals surface area contributed by atoms with Gasteiger partial charge in [0.25, 0.3) is 5.91 Å². The summed E-state index contributed by atoms with van der Waals surface area (Å²) in [5.74, 6) is 1.08. The zero-order chi connectivity index (χ0) is 14.2. The number of likely N-dealkylation sites (tertiary alicyclic amines) is 1. The molecule has 5 nitrogen and oxygen atoms in total. The van der Waals surface area contributed by atoms with Crippen LogP contribution in [0.25, 0.3) is 0 Å². The van der Waals surface area contributed by atoms with Gasteiger partial charge in [0.05, 0.1) is 0 Å². The first-order valence-electron chi connectivity index (χ1n) is 6.81. The number of nitrogens with two attached hydrogens (primary N) is 1. The van der Waals surface area contributed by atoms with Gasteiger partial charge in [-0.1, -0.05) is 25.9 Å². The maximum Gasteiger partial charge on any atom is 0.276 e. The molecule has 2 rings (SSSR count). The molecule has 0 saturated carbocycles. The Morgan fingerprint density at radius 2 is 2.26 bits per heavy atom. The van der Waals surface area contributed by atoms with E-state index < -0.39 is 0 Å². The fourth-order valence-corrected chi connectivity index (χ4v) is 2.47. The van der Waals surface area contributed by atoms with Crippen molar-refractivity contribution in [3.05, 3.63) is 17.5 Å². The minimum Gasteiger partial charge on any atom is -0.360 e. The SMILES string of the molecule is CC1CC(CN)CN1C(=O)c1cc(C(C)(C)C)on1. The van der Waals surface area contributed by atoms with E-state index in [2.05, 4.69) is 12.1 Å². The molecule has 2 N–H and O–H groups in total. The van der Waals surface area contributed by atoms with Crippen LogP contribution in [0.5, 0.6) is 0 Å². The van der Waals surface area contributed by atoms with E-state index in [-0.39, 0.29) is 17.4 Å². The monoisotopic (exact) mass is 265 g/mol. The third kappa shape index (κ3) is 2.81. The third-order valence-electron chi connectivity index (χ3n) is 3.72. The summed E-state index contributed by atoms with van der Waals surface area (Å²) in [4.78, 5) is 14.3. The fraction of sp³-hybridized carbons (Fsp3) is 0.714. The summed E-state index contributed by atoms with van der Waals surface area (Å²) in [6.07, 6.45) is 0.965. The van der Waals surface area contributed by atoms with Gasteiger partial charge in [-0.15, -0.1) is 0 Å². The molecule has 1 aliphatic rings. The van der Waals surface area contributed by atoms with Gasteiger partial charge in [-0.2, -0.15) is 0 Å². The lowest BCUT2D eigenvalue weighted by Gasteiger charge is -2.19. The molecule has 106 valence electrons. The van der Waals surface area contributed by atoms with E-state index in [1.165, 1.54) is 0 Å². The molecule has 1 aliphatic heterocycles. The number of aromatic nitrogens is 1. The molecule has 1 aromatic rings. The number of amides is 1.